The Morgan fingerprint density at radius 2 is 1.85 bits per heavy atom. The van der Waals surface area contributed by atoms with Crippen molar-refractivity contribution in [2.75, 3.05) is 0 Å². The van der Waals surface area contributed by atoms with Gasteiger partial charge in [0.05, 0.1) is 28.3 Å². The summed E-state index contributed by atoms with van der Waals surface area (Å²) in [5.74, 6) is 0. The Morgan fingerprint density at radius 3 is 2.45 bits per heavy atom. The van der Waals surface area contributed by atoms with Crippen LogP contribution in [0.15, 0.2) is 34.4 Å². The van der Waals surface area contributed by atoms with Gasteiger partial charge in [-0.25, -0.2) is 9.78 Å². The normalized spacial score (nSPS) is 11.3. The molecule has 0 N–H and O–H groups in total. The van der Waals surface area contributed by atoms with Gasteiger partial charge in [0, 0.05) is 11.9 Å². The molecule has 0 radical (unpaired) electrons. The van der Waals surface area contributed by atoms with E-state index in [1.165, 1.54) is 0 Å². The monoisotopic (exact) mass is 287 g/mol. The third-order valence-corrected chi connectivity index (χ3v) is 4.51. The van der Waals surface area contributed by atoms with Gasteiger partial charge in [0.2, 0.25) is 0 Å². The van der Waals surface area contributed by atoms with Crippen LogP contribution in [0.1, 0.15) is 24.5 Å². The molecular weight excluding hydrogens is 270 g/mol. The molecule has 0 atom stereocenters. The lowest BCUT2D eigenvalue weighted by molar-refractivity contribution is 0.678. The minimum atomic E-state index is 0.0414. The highest BCUT2D eigenvalue weighted by atomic mass is 32.1. The van der Waals surface area contributed by atoms with E-state index in [9.17, 15) is 4.79 Å². The summed E-state index contributed by atoms with van der Waals surface area (Å²) in [6, 6.07) is 7.93. The number of hydrogen-bond acceptors (Lipinski definition) is 3. The number of hydrogen-bond donors (Lipinski definition) is 0. The lowest BCUT2D eigenvalue weighted by Crippen LogP contribution is -2.24. The second kappa shape index (κ2) is 5.25. The van der Waals surface area contributed by atoms with Crippen molar-refractivity contribution < 1.29 is 0 Å². The molecule has 2 aromatic heterocycles. The van der Waals surface area contributed by atoms with Crippen molar-refractivity contribution in [2.24, 2.45) is 0 Å². The number of nitrogens with zero attached hydrogens (tertiary/aromatic N) is 3. The van der Waals surface area contributed by atoms with Gasteiger partial charge in [0.15, 0.2) is 0 Å². The van der Waals surface area contributed by atoms with Crippen LogP contribution in [-0.4, -0.2) is 14.1 Å². The second-order valence-electron chi connectivity index (χ2n) is 4.69. The molecule has 3 aromatic rings. The SMILES string of the molecule is CCc1nc(Cn2c(=O)n(CC)c3ccccc32)cs1. The maximum absolute atomic E-state index is 12.5. The van der Waals surface area contributed by atoms with Gasteiger partial charge in [0.1, 0.15) is 0 Å². The molecule has 4 nitrogen and oxygen atoms in total. The van der Waals surface area contributed by atoms with Crippen LogP contribution >= 0.6 is 11.3 Å². The predicted molar refractivity (Wildman–Crippen MR) is 82.5 cm³/mol. The van der Waals surface area contributed by atoms with Crippen LogP contribution in [0.4, 0.5) is 0 Å². The minimum absolute atomic E-state index is 0.0414. The Kier molecular flexibility index (Phi) is 3.44. The van der Waals surface area contributed by atoms with Gasteiger partial charge in [-0.3, -0.25) is 9.13 Å². The maximum Gasteiger partial charge on any atom is 0.329 e. The summed E-state index contributed by atoms with van der Waals surface area (Å²) in [7, 11) is 0. The van der Waals surface area contributed by atoms with E-state index in [2.05, 4.69) is 11.9 Å². The summed E-state index contributed by atoms with van der Waals surface area (Å²) in [6.45, 7) is 5.32. The smallest absolute Gasteiger partial charge is 0.292 e. The zero-order valence-electron chi connectivity index (χ0n) is 11.7. The number of thiazole rings is 1. The van der Waals surface area contributed by atoms with Crippen molar-refractivity contribution in [3.63, 3.8) is 0 Å². The van der Waals surface area contributed by atoms with Gasteiger partial charge in [-0.05, 0) is 25.5 Å². The molecule has 0 aliphatic heterocycles. The molecule has 1 aromatic carbocycles. The molecule has 0 saturated heterocycles. The fourth-order valence-corrected chi connectivity index (χ4v) is 3.21. The van der Waals surface area contributed by atoms with E-state index in [1.54, 1.807) is 11.3 Å². The zero-order valence-corrected chi connectivity index (χ0v) is 12.5. The molecule has 2 heterocycles. The summed E-state index contributed by atoms with van der Waals surface area (Å²) in [5, 5.41) is 3.16. The summed E-state index contributed by atoms with van der Waals surface area (Å²) >= 11 is 1.66. The Labute approximate surface area is 121 Å². The van der Waals surface area contributed by atoms with Crippen LogP contribution < -0.4 is 5.69 Å². The summed E-state index contributed by atoms with van der Waals surface area (Å²) < 4.78 is 3.62. The first-order chi connectivity index (χ1) is 9.74. The highest BCUT2D eigenvalue weighted by molar-refractivity contribution is 7.09. The van der Waals surface area contributed by atoms with Crippen LogP contribution in [0.3, 0.4) is 0 Å². The first-order valence-electron chi connectivity index (χ1n) is 6.86. The molecule has 0 fully saturated rings. The Hall–Kier alpha value is -1.88. The fraction of sp³-hybridized carbons (Fsp3) is 0.333. The molecule has 3 rings (SSSR count). The van der Waals surface area contributed by atoms with Crippen LogP contribution in [0.2, 0.25) is 0 Å². The van der Waals surface area contributed by atoms with E-state index < -0.39 is 0 Å². The third kappa shape index (κ3) is 2.08. The van der Waals surface area contributed by atoms with E-state index >= 15 is 0 Å². The number of imidazole rings is 1. The molecule has 0 aliphatic carbocycles. The van der Waals surface area contributed by atoms with Crippen molar-refractivity contribution in [3.8, 4) is 0 Å². The van der Waals surface area contributed by atoms with Gasteiger partial charge in [-0.1, -0.05) is 19.1 Å². The largest absolute Gasteiger partial charge is 0.329 e. The van der Waals surface area contributed by atoms with E-state index in [1.807, 2.05) is 45.7 Å². The molecule has 0 saturated carbocycles. The first-order valence-corrected chi connectivity index (χ1v) is 7.74. The predicted octanol–water partition coefficient (Wildman–Crippen LogP) is 2.89. The van der Waals surface area contributed by atoms with E-state index in [0.717, 1.165) is 28.2 Å². The average Bonchev–Trinajstić information content (AvgIpc) is 3.03. The number of fused-ring (bicyclic) bond motifs is 1. The zero-order chi connectivity index (χ0) is 14.1. The minimum Gasteiger partial charge on any atom is -0.292 e. The van der Waals surface area contributed by atoms with Crippen LogP contribution in [-0.2, 0) is 19.5 Å². The third-order valence-electron chi connectivity index (χ3n) is 3.46. The topological polar surface area (TPSA) is 39.8 Å². The highest BCUT2D eigenvalue weighted by Gasteiger charge is 2.12. The Bertz CT molecular complexity index is 797. The second-order valence-corrected chi connectivity index (χ2v) is 5.63. The van der Waals surface area contributed by atoms with Crippen LogP contribution in [0, 0.1) is 0 Å². The maximum atomic E-state index is 12.5. The molecule has 5 heteroatoms. The number of rotatable bonds is 4. The van der Waals surface area contributed by atoms with Gasteiger partial charge >= 0.3 is 5.69 Å². The van der Waals surface area contributed by atoms with Crippen LogP contribution in [0.5, 0.6) is 0 Å². The lowest BCUT2D eigenvalue weighted by Gasteiger charge is -1.99. The van der Waals surface area contributed by atoms with Crippen molar-refractivity contribution in [2.45, 2.75) is 33.4 Å². The highest BCUT2D eigenvalue weighted by Crippen LogP contribution is 2.16. The van der Waals surface area contributed by atoms with Gasteiger partial charge in [-0.15, -0.1) is 11.3 Å². The van der Waals surface area contributed by atoms with E-state index in [-0.39, 0.29) is 5.69 Å². The number of aromatic nitrogens is 3. The molecule has 20 heavy (non-hydrogen) atoms. The summed E-state index contributed by atoms with van der Waals surface area (Å²) in [5.41, 5.74) is 2.98. The van der Waals surface area contributed by atoms with Gasteiger partial charge in [0.25, 0.3) is 0 Å². The van der Waals surface area contributed by atoms with Crippen LogP contribution in [0.25, 0.3) is 11.0 Å². The van der Waals surface area contributed by atoms with Crippen molar-refractivity contribution in [1.82, 2.24) is 14.1 Å². The fourth-order valence-electron chi connectivity index (χ4n) is 2.48. The molecule has 0 bridgehead atoms. The Morgan fingerprint density at radius 1 is 1.15 bits per heavy atom. The molecule has 0 unspecified atom stereocenters. The summed E-state index contributed by atoms with van der Waals surface area (Å²) in [4.78, 5) is 17.1. The van der Waals surface area contributed by atoms with E-state index in [4.69, 9.17) is 0 Å². The number of aryl methyl sites for hydroxylation is 2. The molecular formula is C15H17N3OS. The first kappa shape index (κ1) is 13.1. The number of para-hydroxylation sites is 2. The van der Waals surface area contributed by atoms with Crippen molar-refractivity contribution in [1.29, 1.82) is 0 Å². The summed E-state index contributed by atoms with van der Waals surface area (Å²) in [6.07, 6.45) is 0.941. The quantitative estimate of drug-likeness (QED) is 0.740. The van der Waals surface area contributed by atoms with E-state index in [0.29, 0.717) is 13.1 Å². The Balaban J connectivity index is 2.11. The van der Waals surface area contributed by atoms with Gasteiger partial charge < -0.3 is 0 Å². The molecule has 0 spiro atoms. The lowest BCUT2D eigenvalue weighted by atomic mass is 10.3. The number of benzene rings is 1. The van der Waals surface area contributed by atoms with Crippen molar-refractivity contribution in [3.05, 3.63) is 50.8 Å². The standard InChI is InChI=1S/C15H17N3OS/c1-3-14-16-11(10-20-14)9-18-13-8-6-5-7-12(13)17(4-2)15(18)19/h5-8,10H,3-4,9H2,1-2H3. The molecule has 104 valence electrons. The molecule has 0 aliphatic rings. The molecule has 0 amide bonds. The van der Waals surface area contributed by atoms with Gasteiger partial charge in [-0.2, -0.15) is 0 Å². The van der Waals surface area contributed by atoms with Crippen molar-refractivity contribution >= 4 is 22.4 Å². The average molecular weight is 287 g/mol.